The molecule has 0 saturated carbocycles. The molecule has 28 heteroatoms. The average molecular weight is 998 g/mol. The van der Waals surface area contributed by atoms with Crippen molar-refractivity contribution < 1.29 is 265 Å². The Bertz CT molecular complexity index is 83.6. The van der Waals surface area contributed by atoms with Gasteiger partial charge in [-0.15, -0.1) is 0 Å². The van der Waals surface area contributed by atoms with Crippen molar-refractivity contribution in [2.24, 2.45) is 0 Å². The van der Waals surface area contributed by atoms with Crippen LogP contribution in [-0.2, 0) is 205 Å². The molecule has 0 rings (SSSR count). The fourth-order valence-corrected chi connectivity index (χ4v) is 0. The third kappa shape index (κ3) is 851. The number of hydrogen-bond acceptors (Lipinski definition) is 12. The Kier molecular flexibility index (Phi) is 425. The van der Waals surface area contributed by atoms with Crippen LogP contribution in [0, 0.1) is 0 Å². The molecule has 0 aromatic carbocycles. The van der Waals surface area contributed by atoms with E-state index in [0.717, 1.165) is 0 Å². The Morgan fingerprint density at radius 1 is 0.179 bits per heavy atom. The van der Waals surface area contributed by atoms with Gasteiger partial charge in [0.15, 0.2) is 0 Å². The van der Waals surface area contributed by atoms with Crippen molar-refractivity contribution in [3.05, 3.63) is 0 Å². The van der Waals surface area contributed by atoms with Crippen LogP contribution >= 0.6 is 0 Å². The van der Waals surface area contributed by atoms with Gasteiger partial charge < -0.3 is 60.3 Å². The summed E-state index contributed by atoms with van der Waals surface area (Å²) in [4.78, 5) is 0. The minimum atomic E-state index is -2.92. The molecule has 0 aliphatic rings. The Morgan fingerprint density at radius 2 is 0.179 bits per heavy atom. The van der Waals surface area contributed by atoms with Gasteiger partial charge in [0.1, 0.15) is 0 Å². The van der Waals surface area contributed by atoms with Crippen molar-refractivity contribution >= 4 is 29.3 Å². The van der Waals surface area contributed by atoms with E-state index in [-0.39, 0.29) is 205 Å². The molecule has 0 unspecified atom stereocenters. The van der Waals surface area contributed by atoms with E-state index in [4.69, 9.17) is 60.3 Å². The Morgan fingerprint density at radius 3 is 0.179 bits per heavy atom. The fraction of sp³-hybridized carbons (Fsp3) is 0. The molecule has 0 aliphatic heterocycles. The Balaban J connectivity index is -0.00000000429. The quantitative estimate of drug-likeness (QED) is 0.205. The zero-order valence-electron chi connectivity index (χ0n) is 10.8. The van der Waals surface area contributed by atoms with E-state index < -0.39 is 29.3 Å². The van der Waals surface area contributed by atoms with Crippen molar-refractivity contribution in [1.29, 1.82) is 0 Å². The Labute approximate surface area is 290 Å². The zero-order chi connectivity index (χ0) is 14.3. The summed E-state index contributed by atoms with van der Waals surface area (Å²) in [7, 11) is -11.7. The average Bonchev–Trinajstić information content (AvgIpc) is 1.76. The minimum Gasteiger partial charge on any atom is -0.907 e. The molecule has 28 heavy (non-hydrogen) atoms. The smallest absolute Gasteiger partial charge is 0.907 e. The van der Waals surface area contributed by atoms with Gasteiger partial charge in [-0.05, 0) is 0 Å². The fourth-order valence-electron chi connectivity index (χ4n) is 0. The molecule has 0 atom stereocenters. The molecule has 216 valence electrons. The summed E-state index contributed by atoms with van der Waals surface area (Å²) >= 11 is 0. The van der Waals surface area contributed by atoms with Crippen LogP contribution in [0.15, 0.2) is 0 Å². The molecule has 0 fully saturated rings. The minimum absolute atomic E-state index is 0. The van der Waals surface area contributed by atoms with Gasteiger partial charge in [0.25, 0.3) is 0 Å². The summed E-state index contributed by atoms with van der Waals surface area (Å²) in [5.74, 6) is 0. The van der Waals surface area contributed by atoms with E-state index in [2.05, 4.69) is 0 Å². The molecule has 0 aliphatic carbocycles. The second kappa shape index (κ2) is 104. The van der Waals surface area contributed by atoms with Crippen LogP contribution in [0.2, 0.25) is 0 Å². The van der Waals surface area contributed by atoms with Crippen LogP contribution in [0.25, 0.3) is 0 Å². The van der Waals surface area contributed by atoms with Crippen LogP contribution < -0.4 is 60.3 Å². The van der Waals surface area contributed by atoms with E-state index in [9.17, 15) is 0 Å². The van der Waals surface area contributed by atoms with Crippen LogP contribution in [0.3, 0.4) is 0 Å². The first-order chi connectivity index (χ1) is 6.93. The molecule has 0 spiro atoms. The standard InChI is InChI=1S/4BO3.12Cu/c4*2-1(3)4;;;;;;;;;;;;/q4*-3;12*+1. The number of hydrogen-bond donors (Lipinski definition) is 0. The predicted molar refractivity (Wildman–Crippen MR) is 23.0 cm³/mol. The molecule has 0 radical (unpaired) electrons. The molecule has 0 heterocycles. The maximum atomic E-state index is 8.42. The summed E-state index contributed by atoms with van der Waals surface area (Å²) in [6.07, 6.45) is 0. The van der Waals surface area contributed by atoms with E-state index in [1.807, 2.05) is 0 Å². The summed E-state index contributed by atoms with van der Waals surface area (Å²) < 4.78 is 0. The van der Waals surface area contributed by atoms with Crippen molar-refractivity contribution in [2.75, 3.05) is 0 Å². The summed E-state index contributed by atoms with van der Waals surface area (Å²) in [6, 6.07) is 0. The van der Waals surface area contributed by atoms with Gasteiger partial charge in [0.2, 0.25) is 0 Å². The molecule has 0 aromatic rings. The topological polar surface area (TPSA) is 277 Å². The summed E-state index contributed by atoms with van der Waals surface area (Å²) in [5, 5.41) is 101. The van der Waals surface area contributed by atoms with Crippen molar-refractivity contribution in [3.63, 3.8) is 0 Å². The molecule has 0 bridgehead atoms. The van der Waals surface area contributed by atoms with Crippen molar-refractivity contribution in [2.45, 2.75) is 0 Å². The number of rotatable bonds is 0. The summed E-state index contributed by atoms with van der Waals surface area (Å²) in [5.41, 5.74) is 0. The predicted octanol–water partition coefficient (Wildman–Crippen LogP) is -15.8. The van der Waals surface area contributed by atoms with Crippen LogP contribution in [0.5, 0.6) is 0 Å². The van der Waals surface area contributed by atoms with E-state index in [1.54, 1.807) is 0 Å². The largest absolute Gasteiger partial charge is 1.00 e. The summed E-state index contributed by atoms with van der Waals surface area (Å²) in [6.45, 7) is 0. The molecule has 0 amide bonds. The van der Waals surface area contributed by atoms with Gasteiger partial charge in [-0.25, -0.2) is 0 Å². The third-order valence-corrected chi connectivity index (χ3v) is 0. The van der Waals surface area contributed by atoms with Crippen molar-refractivity contribution in [1.82, 2.24) is 0 Å². The molecule has 0 N–H and O–H groups in total. The zero-order valence-corrected chi connectivity index (χ0v) is 22.1. The molecule has 12 nitrogen and oxygen atoms in total. The van der Waals surface area contributed by atoms with Gasteiger partial charge in [-0.3, -0.25) is 29.3 Å². The molecular weight excluding hydrogens is 998 g/mol. The van der Waals surface area contributed by atoms with Gasteiger partial charge in [0, 0.05) is 0 Å². The molecular formula is B4Cu12O12. The first-order valence-corrected chi connectivity index (χ1v) is 2.83. The molecule has 0 saturated heterocycles. The van der Waals surface area contributed by atoms with Gasteiger partial charge in [0.05, 0.1) is 0 Å². The monoisotopic (exact) mass is 991 g/mol. The van der Waals surface area contributed by atoms with Crippen LogP contribution in [0.4, 0.5) is 0 Å². The van der Waals surface area contributed by atoms with Crippen LogP contribution in [0.1, 0.15) is 0 Å². The first kappa shape index (κ1) is 114. The Hall–Kier alpha value is 6.01. The van der Waals surface area contributed by atoms with E-state index >= 15 is 0 Å². The second-order valence-electron chi connectivity index (χ2n) is 1.15. The maximum Gasteiger partial charge on any atom is 1.00 e. The SMILES string of the molecule is [Cu+].[Cu+].[Cu+].[Cu+].[Cu+].[Cu+].[Cu+].[Cu+].[Cu+].[Cu+].[Cu+].[Cu+].[O-]B([O-])[O-].[O-]B([O-])[O-].[O-]B([O-])[O-].[O-]B([O-])[O-]. The van der Waals surface area contributed by atoms with Gasteiger partial charge in [-0.1, -0.05) is 0 Å². The first-order valence-electron chi connectivity index (χ1n) is 2.83. The van der Waals surface area contributed by atoms with Gasteiger partial charge in [-0.2, -0.15) is 0 Å². The molecule has 0 aromatic heterocycles. The van der Waals surface area contributed by atoms with E-state index in [1.165, 1.54) is 0 Å². The van der Waals surface area contributed by atoms with Crippen molar-refractivity contribution in [3.8, 4) is 0 Å². The van der Waals surface area contributed by atoms with E-state index in [0.29, 0.717) is 0 Å². The van der Waals surface area contributed by atoms with Gasteiger partial charge >= 0.3 is 205 Å². The normalized spacial score (nSPS) is 3.86. The third-order valence-electron chi connectivity index (χ3n) is 0. The second-order valence-corrected chi connectivity index (χ2v) is 1.15. The van der Waals surface area contributed by atoms with Crippen LogP contribution in [-0.4, -0.2) is 29.3 Å². The maximum absolute atomic E-state index is 8.42.